The minimum atomic E-state index is 0.0630. The summed E-state index contributed by atoms with van der Waals surface area (Å²) >= 11 is 0. The van der Waals surface area contributed by atoms with Gasteiger partial charge in [0.25, 0.3) is 5.91 Å². The van der Waals surface area contributed by atoms with Gasteiger partial charge in [0, 0.05) is 36.2 Å². The summed E-state index contributed by atoms with van der Waals surface area (Å²) in [4.78, 5) is 14.8. The van der Waals surface area contributed by atoms with E-state index < -0.39 is 0 Å². The van der Waals surface area contributed by atoms with E-state index in [1.54, 1.807) is 12.1 Å². The largest absolute Gasteiger partial charge is 0.508 e. The number of aromatic hydroxyl groups is 1. The number of phenols is 1. The lowest BCUT2D eigenvalue weighted by Gasteiger charge is -2.45. The van der Waals surface area contributed by atoms with Crippen LogP contribution in [-0.2, 0) is 0 Å². The number of benzene rings is 1. The second kappa shape index (κ2) is 5.68. The first-order valence-corrected chi connectivity index (χ1v) is 7.90. The first kappa shape index (κ1) is 14.4. The third kappa shape index (κ3) is 2.77. The number of piperidine rings is 2. The molecule has 0 saturated carbocycles. The molecule has 1 aromatic carbocycles. The smallest absolute Gasteiger partial charge is 0.254 e. The topological polar surface area (TPSA) is 52.6 Å². The van der Waals surface area contributed by atoms with Crippen LogP contribution in [0.4, 0.5) is 0 Å². The molecule has 1 spiro atoms. The van der Waals surface area contributed by atoms with E-state index in [0.717, 1.165) is 32.6 Å². The molecule has 1 unspecified atom stereocenters. The number of hydrogen-bond acceptors (Lipinski definition) is 3. The van der Waals surface area contributed by atoms with Crippen LogP contribution in [0.1, 0.15) is 41.6 Å². The van der Waals surface area contributed by atoms with E-state index in [2.05, 4.69) is 5.32 Å². The van der Waals surface area contributed by atoms with Crippen LogP contribution in [-0.4, -0.2) is 42.1 Å². The van der Waals surface area contributed by atoms with Gasteiger partial charge in [0.2, 0.25) is 0 Å². The van der Waals surface area contributed by atoms with Crippen LogP contribution < -0.4 is 5.32 Å². The van der Waals surface area contributed by atoms with E-state index in [1.807, 2.05) is 17.9 Å². The van der Waals surface area contributed by atoms with Gasteiger partial charge in [0.15, 0.2) is 0 Å². The molecule has 2 heterocycles. The number of amides is 1. The Morgan fingerprint density at radius 1 is 1.33 bits per heavy atom. The summed E-state index contributed by atoms with van der Waals surface area (Å²) in [5.74, 6) is 0.264. The van der Waals surface area contributed by atoms with E-state index in [1.165, 1.54) is 19.3 Å². The minimum Gasteiger partial charge on any atom is -0.508 e. The third-order valence-electron chi connectivity index (χ3n) is 5.04. The minimum absolute atomic E-state index is 0.0630. The third-order valence-corrected chi connectivity index (χ3v) is 5.04. The number of likely N-dealkylation sites (tertiary alicyclic amines) is 1. The lowest BCUT2D eigenvalue weighted by atomic mass is 9.74. The second-order valence-electron chi connectivity index (χ2n) is 6.56. The van der Waals surface area contributed by atoms with Gasteiger partial charge < -0.3 is 15.3 Å². The van der Waals surface area contributed by atoms with E-state index >= 15 is 0 Å². The number of carbonyl (C=O) groups is 1. The number of rotatable bonds is 1. The SMILES string of the molecule is Cc1c(O)cccc1C(=O)N1CCCC2(CCCNC2)C1. The standard InChI is InChI=1S/C17H24N2O2/c1-13-14(5-2-6-15(13)20)16(21)19-10-4-8-17(12-19)7-3-9-18-11-17/h2,5-6,18,20H,3-4,7-12H2,1H3. The van der Waals surface area contributed by atoms with Crippen LogP contribution in [0.3, 0.4) is 0 Å². The maximum absolute atomic E-state index is 12.8. The summed E-state index contributed by atoms with van der Waals surface area (Å²) in [6.07, 6.45) is 4.70. The average Bonchev–Trinajstić information content (AvgIpc) is 2.50. The zero-order valence-corrected chi connectivity index (χ0v) is 12.7. The molecule has 114 valence electrons. The maximum Gasteiger partial charge on any atom is 0.254 e. The van der Waals surface area contributed by atoms with Gasteiger partial charge in [-0.15, -0.1) is 0 Å². The lowest BCUT2D eigenvalue weighted by molar-refractivity contribution is 0.0433. The van der Waals surface area contributed by atoms with Crippen LogP contribution in [0.25, 0.3) is 0 Å². The number of carbonyl (C=O) groups excluding carboxylic acids is 1. The zero-order valence-electron chi connectivity index (χ0n) is 12.7. The highest BCUT2D eigenvalue weighted by molar-refractivity contribution is 5.96. The molecule has 2 fully saturated rings. The molecule has 3 rings (SSSR count). The molecule has 0 radical (unpaired) electrons. The fourth-order valence-corrected chi connectivity index (χ4v) is 3.79. The molecule has 2 aliphatic heterocycles. The van der Waals surface area contributed by atoms with Crippen molar-refractivity contribution in [2.75, 3.05) is 26.2 Å². The van der Waals surface area contributed by atoms with Gasteiger partial charge >= 0.3 is 0 Å². The van der Waals surface area contributed by atoms with Crippen molar-refractivity contribution < 1.29 is 9.90 Å². The molecule has 1 aromatic rings. The van der Waals surface area contributed by atoms with Gasteiger partial charge in [0.05, 0.1) is 0 Å². The Morgan fingerprint density at radius 2 is 2.14 bits per heavy atom. The zero-order chi connectivity index (χ0) is 14.9. The van der Waals surface area contributed by atoms with Crippen molar-refractivity contribution in [1.82, 2.24) is 10.2 Å². The van der Waals surface area contributed by atoms with Crippen molar-refractivity contribution in [3.63, 3.8) is 0 Å². The number of nitrogens with one attached hydrogen (secondary N) is 1. The van der Waals surface area contributed by atoms with Gasteiger partial charge in [0.1, 0.15) is 5.75 Å². The van der Waals surface area contributed by atoms with Crippen LogP contribution in [0.15, 0.2) is 18.2 Å². The molecule has 4 heteroatoms. The molecular formula is C17H24N2O2. The quantitative estimate of drug-likeness (QED) is 0.834. The Bertz CT molecular complexity index is 530. The van der Waals surface area contributed by atoms with Crippen LogP contribution in [0, 0.1) is 12.3 Å². The van der Waals surface area contributed by atoms with E-state index in [4.69, 9.17) is 0 Å². The van der Waals surface area contributed by atoms with E-state index in [0.29, 0.717) is 11.1 Å². The molecule has 1 amide bonds. The Hall–Kier alpha value is -1.55. The molecule has 21 heavy (non-hydrogen) atoms. The van der Waals surface area contributed by atoms with Crippen molar-refractivity contribution in [2.24, 2.45) is 5.41 Å². The van der Waals surface area contributed by atoms with Gasteiger partial charge in [-0.2, -0.15) is 0 Å². The highest BCUT2D eigenvalue weighted by Crippen LogP contribution is 2.36. The number of hydrogen-bond donors (Lipinski definition) is 2. The Kier molecular flexibility index (Phi) is 3.89. The van der Waals surface area contributed by atoms with Crippen molar-refractivity contribution in [2.45, 2.75) is 32.6 Å². The van der Waals surface area contributed by atoms with Gasteiger partial charge in [-0.25, -0.2) is 0 Å². The van der Waals surface area contributed by atoms with Crippen LogP contribution in [0.5, 0.6) is 5.75 Å². The number of nitrogens with zero attached hydrogens (tertiary/aromatic N) is 1. The van der Waals surface area contributed by atoms with Crippen LogP contribution in [0.2, 0.25) is 0 Å². The first-order chi connectivity index (χ1) is 10.1. The summed E-state index contributed by atoms with van der Waals surface area (Å²) in [5.41, 5.74) is 1.58. The predicted molar refractivity (Wildman–Crippen MR) is 82.5 cm³/mol. The summed E-state index contributed by atoms with van der Waals surface area (Å²) in [7, 11) is 0. The molecule has 2 aliphatic rings. The summed E-state index contributed by atoms with van der Waals surface area (Å²) < 4.78 is 0. The van der Waals surface area contributed by atoms with E-state index in [-0.39, 0.29) is 17.1 Å². The van der Waals surface area contributed by atoms with Crippen molar-refractivity contribution >= 4 is 5.91 Å². The Morgan fingerprint density at radius 3 is 2.90 bits per heavy atom. The molecule has 0 aromatic heterocycles. The van der Waals surface area contributed by atoms with Gasteiger partial charge in [-0.05, 0) is 51.3 Å². The summed E-state index contributed by atoms with van der Waals surface area (Å²) in [6, 6.07) is 5.20. The second-order valence-corrected chi connectivity index (χ2v) is 6.56. The van der Waals surface area contributed by atoms with Crippen LogP contribution >= 0.6 is 0 Å². The normalized spacial score (nSPS) is 26.0. The monoisotopic (exact) mass is 288 g/mol. The fraction of sp³-hybridized carbons (Fsp3) is 0.588. The van der Waals surface area contributed by atoms with Crippen molar-refractivity contribution in [1.29, 1.82) is 0 Å². The van der Waals surface area contributed by atoms with Crippen molar-refractivity contribution in [3.8, 4) is 5.75 Å². The molecule has 1 atom stereocenters. The molecule has 0 aliphatic carbocycles. The summed E-state index contributed by atoms with van der Waals surface area (Å²) in [6.45, 7) is 5.60. The Balaban J connectivity index is 1.79. The molecule has 2 N–H and O–H groups in total. The average molecular weight is 288 g/mol. The number of phenolic OH excluding ortho intramolecular Hbond substituents is 1. The Labute approximate surface area is 126 Å². The molecular weight excluding hydrogens is 264 g/mol. The predicted octanol–water partition coefficient (Wildman–Crippen LogP) is 2.31. The first-order valence-electron chi connectivity index (χ1n) is 7.90. The van der Waals surface area contributed by atoms with Gasteiger partial charge in [-0.1, -0.05) is 6.07 Å². The maximum atomic E-state index is 12.8. The van der Waals surface area contributed by atoms with E-state index in [9.17, 15) is 9.90 Å². The lowest BCUT2D eigenvalue weighted by Crippen LogP contribution is -2.52. The molecule has 2 saturated heterocycles. The molecule has 0 bridgehead atoms. The molecule has 4 nitrogen and oxygen atoms in total. The summed E-state index contributed by atoms with van der Waals surface area (Å²) in [5, 5.41) is 13.3. The van der Waals surface area contributed by atoms with Gasteiger partial charge in [-0.3, -0.25) is 4.79 Å². The highest BCUT2D eigenvalue weighted by atomic mass is 16.3. The fourth-order valence-electron chi connectivity index (χ4n) is 3.79. The van der Waals surface area contributed by atoms with Crippen molar-refractivity contribution in [3.05, 3.63) is 29.3 Å². The highest BCUT2D eigenvalue weighted by Gasteiger charge is 2.38.